The third-order valence-corrected chi connectivity index (χ3v) is 8.91. The van der Waals surface area contributed by atoms with Crippen molar-refractivity contribution in [3.8, 4) is 0 Å². The van der Waals surface area contributed by atoms with Gasteiger partial charge in [-0.3, -0.25) is 19.6 Å². The summed E-state index contributed by atoms with van der Waals surface area (Å²) < 4.78 is 28.5. The molecule has 0 radical (unpaired) electrons. The van der Waals surface area contributed by atoms with Crippen molar-refractivity contribution in [1.29, 1.82) is 0 Å². The predicted molar refractivity (Wildman–Crippen MR) is 155 cm³/mol. The van der Waals surface area contributed by atoms with Crippen LogP contribution in [0.5, 0.6) is 0 Å². The monoisotopic (exact) mass is 642 g/mol. The number of carbonyl (C=O) groups is 2. The molecule has 1 fully saturated rings. The SMILES string of the molecule is COC1(C)C=C(OC(C)C)C2(C)C3=NC(c4cc(Br)ccc4F)C(c4ccc(Cl)cc4)N3C(=O)N3CC(=O)NC1=C32. The van der Waals surface area contributed by atoms with Gasteiger partial charge >= 0.3 is 6.03 Å². The minimum Gasteiger partial charge on any atom is -0.494 e. The molecule has 4 aliphatic rings. The van der Waals surface area contributed by atoms with Gasteiger partial charge in [0, 0.05) is 22.2 Å². The molecule has 0 bridgehead atoms. The van der Waals surface area contributed by atoms with E-state index in [0.29, 0.717) is 38.0 Å². The average molecular weight is 644 g/mol. The summed E-state index contributed by atoms with van der Waals surface area (Å²) in [5.41, 5.74) is -0.166. The Bertz CT molecular complexity index is 1570. The zero-order valence-corrected chi connectivity index (χ0v) is 25.5. The third-order valence-electron chi connectivity index (χ3n) is 8.17. The van der Waals surface area contributed by atoms with Gasteiger partial charge in [-0.1, -0.05) is 39.7 Å². The number of methoxy groups -OCH3 is 1. The molecule has 4 unspecified atom stereocenters. The Morgan fingerprint density at radius 1 is 1.17 bits per heavy atom. The maximum atomic E-state index is 15.5. The van der Waals surface area contributed by atoms with Crippen LogP contribution in [0, 0.1) is 11.2 Å². The molecule has 3 heterocycles. The van der Waals surface area contributed by atoms with E-state index in [1.54, 1.807) is 29.2 Å². The smallest absolute Gasteiger partial charge is 0.330 e. The second kappa shape index (κ2) is 9.68. The minimum absolute atomic E-state index is 0.199. The van der Waals surface area contributed by atoms with Crippen molar-refractivity contribution in [3.05, 3.63) is 92.1 Å². The lowest BCUT2D eigenvalue weighted by Gasteiger charge is -2.54. The Kier molecular flexibility index (Phi) is 6.59. The van der Waals surface area contributed by atoms with E-state index in [0.717, 1.165) is 5.56 Å². The number of aliphatic imine (C=N–C) groups is 1. The fourth-order valence-corrected chi connectivity index (χ4v) is 6.73. The van der Waals surface area contributed by atoms with Crippen LogP contribution in [-0.4, -0.2) is 52.9 Å². The molecule has 4 atom stereocenters. The fourth-order valence-electron chi connectivity index (χ4n) is 6.22. The topological polar surface area (TPSA) is 83.5 Å². The Morgan fingerprint density at radius 2 is 1.88 bits per heavy atom. The first kappa shape index (κ1) is 27.9. The van der Waals surface area contributed by atoms with Gasteiger partial charge in [0.1, 0.15) is 41.0 Å². The molecule has 1 saturated heterocycles. The molecular formula is C30H29BrClFN4O4. The number of amides is 3. The Morgan fingerprint density at radius 3 is 2.54 bits per heavy atom. The summed E-state index contributed by atoms with van der Waals surface area (Å²) in [5, 5.41) is 3.49. The number of nitrogens with one attached hydrogen (secondary N) is 1. The lowest BCUT2D eigenvalue weighted by Crippen LogP contribution is -2.66. The minimum atomic E-state index is -1.11. The molecule has 3 amide bonds. The van der Waals surface area contributed by atoms with E-state index in [1.165, 1.54) is 18.1 Å². The maximum Gasteiger partial charge on any atom is 0.330 e. The molecule has 8 nitrogen and oxygen atoms in total. The molecule has 0 aromatic heterocycles. The zero-order valence-electron chi connectivity index (χ0n) is 23.2. The van der Waals surface area contributed by atoms with Crippen molar-refractivity contribution in [3.63, 3.8) is 0 Å². The van der Waals surface area contributed by atoms with E-state index in [-0.39, 0.29) is 18.6 Å². The van der Waals surface area contributed by atoms with Crippen molar-refractivity contribution in [1.82, 2.24) is 15.1 Å². The van der Waals surface area contributed by atoms with Gasteiger partial charge in [-0.05, 0) is 69.7 Å². The van der Waals surface area contributed by atoms with Crippen LogP contribution in [0.25, 0.3) is 0 Å². The van der Waals surface area contributed by atoms with Crippen molar-refractivity contribution in [2.45, 2.75) is 51.5 Å². The molecule has 0 spiro atoms. The Balaban J connectivity index is 1.65. The van der Waals surface area contributed by atoms with Crippen molar-refractivity contribution >= 4 is 45.3 Å². The van der Waals surface area contributed by atoms with Crippen molar-refractivity contribution < 1.29 is 23.5 Å². The van der Waals surface area contributed by atoms with Gasteiger partial charge in [0.05, 0.1) is 23.5 Å². The number of halogens is 3. The average Bonchev–Trinajstić information content (AvgIpc) is 3.33. The summed E-state index contributed by atoms with van der Waals surface area (Å²) in [4.78, 5) is 35.7. The van der Waals surface area contributed by atoms with E-state index in [9.17, 15) is 9.59 Å². The molecule has 11 heteroatoms. The van der Waals surface area contributed by atoms with Gasteiger partial charge in [-0.2, -0.15) is 0 Å². The van der Waals surface area contributed by atoms with E-state index in [2.05, 4.69) is 21.2 Å². The van der Waals surface area contributed by atoms with E-state index in [4.69, 9.17) is 26.1 Å². The molecule has 6 rings (SSSR count). The van der Waals surface area contributed by atoms with Gasteiger partial charge in [0.15, 0.2) is 0 Å². The number of ether oxygens (including phenoxy) is 2. The molecular weight excluding hydrogens is 615 g/mol. The van der Waals surface area contributed by atoms with Gasteiger partial charge in [-0.25, -0.2) is 9.18 Å². The first-order chi connectivity index (χ1) is 19.4. The second-order valence-electron chi connectivity index (χ2n) is 11.2. The van der Waals surface area contributed by atoms with Crippen LogP contribution in [0.3, 0.4) is 0 Å². The summed E-state index contributed by atoms with van der Waals surface area (Å²) in [5.74, 6) is 0.134. The predicted octanol–water partition coefficient (Wildman–Crippen LogP) is 6.25. The first-order valence-electron chi connectivity index (χ1n) is 13.3. The number of rotatable bonds is 5. The quantitative estimate of drug-likeness (QED) is 0.418. The van der Waals surface area contributed by atoms with Crippen LogP contribution in [0.4, 0.5) is 9.18 Å². The Labute approximate surface area is 251 Å². The van der Waals surface area contributed by atoms with Crippen LogP contribution in [0.15, 0.2) is 75.2 Å². The molecule has 1 N–H and O–H groups in total. The van der Waals surface area contributed by atoms with Gasteiger partial charge in [0.2, 0.25) is 5.91 Å². The molecule has 2 aromatic carbocycles. The number of urea groups is 1. The molecule has 3 aliphatic heterocycles. The highest BCUT2D eigenvalue weighted by Gasteiger charge is 2.64. The highest BCUT2D eigenvalue weighted by molar-refractivity contribution is 9.10. The zero-order chi connectivity index (χ0) is 29.4. The number of fused-ring (bicyclic) bond motifs is 2. The second-order valence-corrected chi connectivity index (χ2v) is 12.5. The summed E-state index contributed by atoms with van der Waals surface area (Å²) in [6.45, 7) is 7.36. The van der Waals surface area contributed by atoms with Crippen LogP contribution in [0.2, 0.25) is 5.02 Å². The summed E-state index contributed by atoms with van der Waals surface area (Å²) in [6.07, 6.45) is 1.61. The van der Waals surface area contributed by atoms with E-state index < -0.39 is 34.9 Å². The number of amidine groups is 1. The van der Waals surface area contributed by atoms with E-state index >= 15 is 4.39 Å². The standard InChI is InChI=1S/C30H29BrClFN4O4/c1-15(2)41-21-13-29(3,40-5)25-26-30(21,4)27-35-23(19-12-17(31)8-11-20(19)33)24(16-6-9-18(32)10-7-16)37(27)28(39)36(26)14-22(38)34-25/h6-13,15,23-24H,14H2,1-5H3,(H,34,38). The van der Waals surface area contributed by atoms with Gasteiger partial charge in [0.25, 0.3) is 0 Å². The third kappa shape index (κ3) is 4.13. The summed E-state index contributed by atoms with van der Waals surface area (Å²) in [7, 11) is 1.54. The van der Waals surface area contributed by atoms with Crippen LogP contribution >= 0.6 is 27.5 Å². The van der Waals surface area contributed by atoms with Crippen molar-refractivity contribution in [2.75, 3.05) is 13.7 Å². The van der Waals surface area contributed by atoms with Crippen LogP contribution in [-0.2, 0) is 14.3 Å². The molecule has 2 aromatic rings. The summed E-state index contributed by atoms with van der Waals surface area (Å²) in [6, 6.07) is 9.82. The van der Waals surface area contributed by atoms with Gasteiger partial charge in [-0.15, -0.1) is 0 Å². The lowest BCUT2D eigenvalue weighted by molar-refractivity contribution is -0.123. The highest BCUT2D eigenvalue weighted by Crippen LogP contribution is 2.58. The lowest BCUT2D eigenvalue weighted by atomic mass is 9.71. The number of carbonyl (C=O) groups excluding carboxylic acids is 2. The first-order valence-corrected chi connectivity index (χ1v) is 14.5. The molecule has 41 heavy (non-hydrogen) atoms. The van der Waals surface area contributed by atoms with Gasteiger partial charge < -0.3 is 14.8 Å². The largest absolute Gasteiger partial charge is 0.494 e. The fraction of sp³-hybridized carbons (Fsp3) is 0.367. The number of hydrogen-bond donors (Lipinski definition) is 1. The molecule has 0 saturated carbocycles. The van der Waals surface area contributed by atoms with Crippen LogP contribution < -0.4 is 5.32 Å². The normalized spacial score (nSPS) is 28.8. The van der Waals surface area contributed by atoms with E-state index in [1.807, 2.05) is 45.9 Å². The van der Waals surface area contributed by atoms with Crippen LogP contribution in [0.1, 0.15) is 50.9 Å². The highest BCUT2D eigenvalue weighted by atomic mass is 79.9. The number of benzene rings is 2. The van der Waals surface area contributed by atoms with Crippen molar-refractivity contribution in [2.24, 2.45) is 10.4 Å². The summed E-state index contributed by atoms with van der Waals surface area (Å²) >= 11 is 9.69. The number of hydrogen-bond acceptors (Lipinski definition) is 5. The number of nitrogens with zero attached hydrogens (tertiary/aromatic N) is 3. The maximum absolute atomic E-state index is 15.5. The Hall–Kier alpha value is -3.21. The molecule has 214 valence electrons. The molecule has 1 aliphatic carbocycles.